The maximum absolute atomic E-state index is 11.3. The van der Waals surface area contributed by atoms with Crippen molar-refractivity contribution in [2.24, 2.45) is 4.99 Å². The molecule has 1 aromatic carbocycles. The van der Waals surface area contributed by atoms with Gasteiger partial charge in [0.2, 0.25) is 10.0 Å². The molecule has 0 aliphatic heterocycles. The van der Waals surface area contributed by atoms with Crippen molar-refractivity contribution < 1.29 is 13.2 Å². The summed E-state index contributed by atoms with van der Waals surface area (Å²) in [5.41, 5.74) is 0. The summed E-state index contributed by atoms with van der Waals surface area (Å²) in [6, 6.07) is 7.18. The van der Waals surface area contributed by atoms with E-state index in [1.165, 1.54) is 0 Å². The molecule has 0 spiro atoms. The molecule has 10 heteroatoms. The number of aliphatic imine (C=N–C) groups is 1. The Hall–Kier alpha value is -0.780. The summed E-state index contributed by atoms with van der Waals surface area (Å²) in [5.74, 6) is 1.50. The number of likely N-dealkylation sites (N-methyl/N-ethyl adjacent to an activating group) is 1. The van der Waals surface area contributed by atoms with Gasteiger partial charge in [-0.25, -0.2) is 13.1 Å². The summed E-state index contributed by atoms with van der Waals surface area (Å²) < 4.78 is 30.8. The minimum absolute atomic E-state index is 0. The average molecular weight is 505 g/mol. The minimum atomic E-state index is -3.17. The number of sulfonamides is 1. The van der Waals surface area contributed by atoms with Crippen LogP contribution in [0.25, 0.3) is 0 Å². The molecule has 0 heterocycles. The fourth-order valence-electron chi connectivity index (χ4n) is 1.80. The minimum Gasteiger partial charge on any atom is -0.492 e. The van der Waals surface area contributed by atoms with E-state index in [9.17, 15) is 8.42 Å². The second-order valence-electron chi connectivity index (χ2n) is 5.00. The van der Waals surface area contributed by atoms with Gasteiger partial charge in [0.1, 0.15) is 12.4 Å². The summed E-state index contributed by atoms with van der Waals surface area (Å²) >= 11 is 5.82. The molecule has 0 amide bonds. The molecule has 0 saturated carbocycles. The van der Waals surface area contributed by atoms with Crippen LogP contribution in [0.4, 0.5) is 0 Å². The quantitative estimate of drug-likeness (QED) is 0.232. The van der Waals surface area contributed by atoms with Crippen molar-refractivity contribution in [2.75, 3.05) is 46.1 Å². The van der Waals surface area contributed by atoms with E-state index in [-0.39, 0.29) is 29.7 Å². The Labute approximate surface area is 172 Å². The van der Waals surface area contributed by atoms with Crippen molar-refractivity contribution in [3.8, 4) is 5.75 Å². The maximum Gasteiger partial charge on any atom is 0.211 e. The van der Waals surface area contributed by atoms with Crippen LogP contribution >= 0.6 is 35.6 Å². The van der Waals surface area contributed by atoms with Gasteiger partial charge < -0.3 is 15.0 Å². The molecule has 0 fully saturated rings. The van der Waals surface area contributed by atoms with Crippen LogP contribution < -0.4 is 14.8 Å². The first-order valence-corrected chi connectivity index (χ1v) is 9.68. The van der Waals surface area contributed by atoms with Crippen molar-refractivity contribution in [2.45, 2.75) is 6.92 Å². The molecule has 0 bridgehead atoms. The number of rotatable bonds is 9. The van der Waals surface area contributed by atoms with Crippen LogP contribution in [0, 0.1) is 0 Å². The van der Waals surface area contributed by atoms with Crippen molar-refractivity contribution >= 4 is 51.6 Å². The van der Waals surface area contributed by atoms with Crippen molar-refractivity contribution in [3.05, 3.63) is 29.3 Å². The molecule has 0 radical (unpaired) electrons. The van der Waals surface area contributed by atoms with Gasteiger partial charge in [0.25, 0.3) is 0 Å². The number of hydrogen-bond acceptors (Lipinski definition) is 4. The summed E-state index contributed by atoms with van der Waals surface area (Å²) in [4.78, 5) is 6.07. The first-order valence-electron chi connectivity index (χ1n) is 7.65. The molecule has 1 aromatic rings. The third kappa shape index (κ3) is 10.1. The Balaban J connectivity index is 0.00000576. The molecule has 0 unspecified atom stereocenters. The van der Waals surface area contributed by atoms with Crippen LogP contribution in [0.3, 0.4) is 0 Å². The normalized spacial score (nSPS) is 11.6. The second-order valence-corrected chi connectivity index (χ2v) is 7.53. The van der Waals surface area contributed by atoms with Crippen LogP contribution in [-0.2, 0) is 10.0 Å². The monoisotopic (exact) mass is 504 g/mol. The Bertz CT molecular complexity index is 626. The van der Waals surface area contributed by atoms with Gasteiger partial charge in [-0.05, 0) is 31.2 Å². The lowest BCUT2D eigenvalue weighted by Gasteiger charge is -2.22. The molecule has 7 nitrogen and oxygen atoms in total. The Morgan fingerprint density at radius 3 is 2.48 bits per heavy atom. The van der Waals surface area contributed by atoms with Crippen LogP contribution in [0.15, 0.2) is 29.3 Å². The number of hydrogen-bond donors (Lipinski definition) is 2. The lowest BCUT2D eigenvalue weighted by atomic mass is 10.3. The number of nitrogens with zero attached hydrogens (tertiary/aromatic N) is 2. The molecule has 144 valence electrons. The second kappa shape index (κ2) is 12.6. The van der Waals surface area contributed by atoms with E-state index in [1.807, 2.05) is 24.1 Å². The number of nitrogens with one attached hydrogen (secondary N) is 2. The van der Waals surface area contributed by atoms with E-state index < -0.39 is 10.0 Å². The van der Waals surface area contributed by atoms with Crippen LogP contribution in [0.1, 0.15) is 6.92 Å². The molecule has 1 rings (SSSR count). The number of benzene rings is 1. The predicted molar refractivity (Wildman–Crippen MR) is 114 cm³/mol. The number of ether oxygens (including phenoxy) is 1. The molecule has 0 atom stereocenters. The van der Waals surface area contributed by atoms with Gasteiger partial charge >= 0.3 is 0 Å². The van der Waals surface area contributed by atoms with E-state index in [1.54, 1.807) is 26.1 Å². The van der Waals surface area contributed by atoms with E-state index in [2.05, 4.69) is 15.0 Å². The van der Waals surface area contributed by atoms with E-state index in [0.717, 1.165) is 5.75 Å². The molecule has 0 aliphatic rings. The highest BCUT2D eigenvalue weighted by molar-refractivity contribution is 14.0. The van der Waals surface area contributed by atoms with Crippen molar-refractivity contribution in [3.63, 3.8) is 0 Å². The van der Waals surface area contributed by atoms with Gasteiger partial charge in [-0.2, -0.15) is 0 Å². The molecular formula is C15H26ClIN4O3S. The zero-order chi connectivity index (χ0) is 18.0. The molecule has 25 heavy (non-hydrogen) atoms. The van der Waals surface area contributed by atoms with Crippen LogP contribution in [-0.4, -0.2) is 65.4 Å². The Morgan fingerprint density at radius 1 is 1.28 bits per heavy atom. The summed E-state index contributed by atoms with van der Waals surface area (Å²) in [6.45, 7) is 3.48. The zero-order valence-corrected chi connectivity index (χ0v) is 18.6. The topological polar surface area (TPSA) is 83.0 Å². The maximum atomic E-state index is 11.3. The fraction of sp³-hybridized carbons (Fsp3) is 0.533. The SMILES string of the molecule is CCS(=O)(=O)NCCNC(=NC)N(C)CCOc1ccc(Cl)cc1.I. The number of halogens is 2. The Morgan fingerprint density at radius 2 is 1.92 bits per heavy atom. The first-order chi connectivity index (χ1) is 11.4. The predicted octanol–water partition coefficient (Wildman–Crippen LogP) is 1.78. The highest BCUT2D eigenvalue weighted by Crippen LogP contribution is 2.15. The zero-order valence-electron chi connectivity index (χ0n) is 14.7. The third-order valence-corrected chi connectivity index (χ3v) is 4.85. The summed E-state index contributed by atoms with van der Waals surface area (Å²) in [7, 11) is 0.396. The molecule has 0 aliphatic carbocycles. The molecule has 0 aromatic heterocycles. The van der Waals surface area contributed by atoms with Gasteiger partial charge in [-0.15, -0.1) is 24.0 Å². The molecule has 0 saturated heterocycles. The van der Waals surface area contributed by atoms with E-state index >= 15 is 0 Å². The van der Waals surface area contributed by atoms with Gasteiger partial charge in [0.15, 0.2) is 5.96 Å². The highest BCUT2D eigenvalue weighted by Gasteiger charge is 2.07. The van der Waals surface area contributed by atoms with E-state index in [4.69, 9.17) is 16.3 Å². The van der Waals surface area contributed by atoms with Crippen molar-refractivity contribution in [1.29, 1.82) is 0 Å². The molecule has 2 N–H and O–H groups in total. The number of guanidine groups is 1. The van der Waals surface area contributed by atoms with Crippen LogP contribution in [0.5, 0.6) is 5.75 Å². The Kier molecular flexibility index (Phi) is 12.2. The standard InChI is InChI=1S/C15H25ClN4O3S.HI/c1-4-24(21,22)19-10-9-18-15(17-2)20(3)11-12-23-14-7-5-13(16)6-8-14;/h5-8,19H,4,9-12H2,1-3H3,(H,17,18);1H. The molecular weight excluding hydrogens is 479 g/mol. The average Bonchev–Trinajstić information content (AvgIpc) is 2.56. The largest absolute Gasteiger partial charge is 0.492 e. The van der Waals surface area contributed by atoms with Gasteiger partial charge in [-0.1, -0.05) is 11.6 Å². The van der Waals surface area contributed by atoms with Gasteiger partial charge in [0.05, 0.1) is 12.3 Å². The van der Waals surface area contributed by atoms with Gasteiger partial charge in [0, 0.05) is 32.2 Å². The lowest BCUT2D eigenvalue weighted by molar-refractivity contribution is 0.281. The van der Waals surface area contributed by atoms with Crippen molar-refractivity contribution in [1.82, 2.24) is 14.9 Å². The fourth-order valence-corrected chi connectivity index (χ4v) is 2.55. The summed E-state index contributed by atoms with van der Waals surface area (Å²) in [5, 5.41) is 3.77. The highest BCUT2D eigenvalue weighted by atomic mass is 127. The van der Waals surface area contributed by atoms with Crippen LogP contribution in [0.2, 0.25) is 5.02 Å². The van der Waals surface area contributed by atoms with E-state index in [0.29, 0.717) is 37.2 Å². The third-order valence-electron chi connectivity index (χ3n) is 3.19. The summed E-state index contributed by atoms with van der Waals surface area (Å²) in [6.07, 6.45) is 0. The lowest BCUT2D eigenvalue weighted by Crippen LogP contribution is -2.43. The van der Waals surface area contributed by atoms with Gasteiger partial charge in [-0.3, -0.25) is 4.99 Å². The smallest absolute Gasteiger partial charge is 0.211 e. The first kappa shape index (κ1) is 24.2.